The van der Waals surface area contributed by atoms with E-state index in [0.29, 0.717) is 13.2 Å². The van der Waals surface area contributed by atoms with Gasteiger partial charge >= 0.3 is 5.97 Å². The van der Waals surface area contributed by atoms with Gasteiger partial charge in [-0.15, -0.1) is 0 Å². The summed E-state index contributed by atoms with van der Waals surface area (Å²) in [6, 6.07) is 28.5. The summed E-state index contributed by atoms with van der Waals surface area (Å²) < 4.78 is 30.5. The molecule has 1 saturated heterocycles. The fraction of sp³-hybridized carbons (Fsp3) is 0.368. The highest BCUT2D eigenvalue weighted by atomic mass is 16.6. The SMILES string of the molecule is COC(=O)[C@H](C)NC(=O)CNC(=O)CNC(=O)/C=C/[C@H]1O[C@@H](C)[C@@H](OCc2ccccc2)[C@@H](OCc2ccccc2)[C@@H]1OCc1ccccc1. The van der Waals surface area contributed by atoms with E-state index >= 15 is 0 Å². The first-order chi connectivity index (χ1) is 24.2. The van der Waals surface area contributed by atoms with Crippen LogP contribution in [0.15, 0.2) is 103 Å². The first kappa shape index (κ1) is 37.9. The number of methoxy groups -OCH3 is 1. The van der Waals surface area contributed by atoms with Gasteiger partial charge in [0.2, 0.25) is 17.7 Å². The summed E-state index contributed by atoms with van der Waals surface area (Å²) in [4.78, 5) is 48.6. The maximum absolute atomic E-state index is 12.8. The van der Waals surface area contributed by atoms with Gasteiger partial charge in [-0.05, 0) is 36.6 Å². The Bertz CT molecular complexity index is 1540. The minimum absolute atomic E-state index is 0.266. The lowest BCUT2D eigenvalue weighted by Crippen LogP contribution is -2.58. The highest BCUT2D eigenvalue weighted by Crippen LogP contribution is 2.31. The van der Waals surface area contributed by atoms with E-state index in [1.807, 2.05) is 97.9 Å². The summed E-state index contributed by atoms with van der Waals surface area (Å²) in [5.74, 6) is -2.34. The van der Waals surface area contributed by atoms with E-state index in [1.54, 1.807) is 6.08 Å². The molecule has 3 aromatic carbocycles. The molecular weight excluding hydrogens is 642 g/mol. The van der Waals surface area contributed by atoms with E-state index < -0.39 is 60.3 Å². The lowest BCUT2D eigenvalue weighted by Gasteiger charge is -2.44. The van der Waals surface area contributed by atoms with Crippen LogP contribution in [0.3, 0.4) is 0 Å². The van der Waals surface area contributed by atoms with Crippen LogP contribution in [0.25, 0.3) is 0 Å². The van der Waals surface area contributed by atoms with Crippen molar-refractivity contribution >= 4 is 23.7 Å². The molecule has 1 fully saturated rings. The van der Waals surface area contributed by atoms with Gasteiger partial charge in [-0.2, -0.15) is 0 Å². The van der Waals surface area contributed by atoms with E-state index in [-0.39, 0.29) is 19.7 Å². The van der Waals surface area contributed by atoms with Crippen LogP contribution in [-0.4, -0.2) is 80.5 Å². The Kier molecular flexibility index (Phi) is 15.1. The fourth-order valence-corrected chi connectivity index (χ4v) is 5.29. The molecule has 0 aromatic heterocycles. The summed E-state index contributed by atoms with van der Waals surface area (Å²) >= 11 is 0. The second-order valence-electron chi connectivity index (χ2n) is 11.8. The van der Waals surface area contributed by atoms with Crippen LogP contribution in [0.1, 0.15) is 30.5 Å². The van der Waals surface area contributed by atoms with Crippen LogP contribution in [0.4, 0.5) is 0 Å². The van der Waals surface area contributed by atoms with Crippen LogP contribution in [0, 0.1) is 0 Å². The van der Waals surface area contributed by atoms with Gasteiger partial charge in [-0.3, -0.25) is 14.4 Å². The molecule has 0 radical (unpaired) electrons. The van der Waals surface area contributed by atoms with Gasteiger partial charge in [0.1, 0.15) is 30.5 Å². The van der Waals surface area contributed by atoms with Gasteiger partial charge in [-0.25, -0.2) is 4.79 Å². The minimum atomic E-state index is -0.867. The average Bonchev–Trinajstić information content (AvgIpc) is 3.14. The third kappa shape index (κ3) is 12.2. The first-order valence-electron chi connectivity index (χ1n) is 16.5. The van der Waals surface area contributed by atoms with Crippen molar-refractivity contribution in [3.05, 3.63) is 120 Å². The number of hydrogen-bond donors (Lipinski definition) is 3. The van der Waals surface area contributed by atoms with E-state index in [2.05, 4.69) is 20.7 Å². The van der Waals surface area contributed by atoms with Crippen LogP contribution in [0.5, 0.6) is 0 Å². The standard InChI is InChI=1S/C38H45N3O9/c1-26(38(45)46-3)41-34(44)22-40-33(43)21-39-32(42)20-19-31-36(48-24-29-15-9-5-10-16-29)37(49-25-30-17-11-6-12-18-30)35(27(2)50-31)47-23-28-13-7-4-8-14-28/h4-20,26-27,31,35-37H,21-25H2,1-3H3,(H,39,42)(H,40,43)(H,41,44)/b20-19+/t26-,27-,31+,35+,36+,37+/m0/s1. The second-order valence-corrected chi connectivity index (χ2v) is 11.8. The van der Waals surface area contributed by atoms with Crippen molar-refractivity contribution in [2.45, 2.75) is 70.2 Å². The van der Waals surface area contributed by atoms with Gasteiger partial charge in [0.25, 0.3) is 0 Å². The highest BCUT2D eigenvalue weighted by molar-refractivity contribution is 5.92. The molecule has 3 aromatic rings. The Labute approximate surface area is 292 Å². The number of amides is 3. The lowest BCUT2D eigenvalue weighted by atomic mass is 9.94. The number of benzene rings is 3. The number of ether oxygens (including phenoxy) is 5. The average molecular weight is 688 g/mol. The third-order valence-corrected chi connectivity index (χ3v) is 7.90. The molecule has 4 rings (SSSR count). The number of carbonyl (C=O) groups excluding carboxylic acids is 4. The minimum Gasteiger partial charge on any atom is -0.467 e. The predicted octanol–water partition coefficient (Wildman–Crippen LogP) is 3.00. The van der Waals surface area contributed by atoms with Gasteiger partial charge in [0, 0.05) is 6.08 Å². The molecule has 0 unspecified atom stereocenters. The van der Waals surface area contributed by atoms with Crippen molar-refractivity contribution in [1.29, 1.82) is 0 Å². The highest BCUT2D eigenvalue weighted by Gasteiger charge is 2.46. The molecule has 0 spiro atoms. The molecule has 12 heteroatoms. The molecule has 3 amide bonds. The summed E-state index contributed by atoms with van der Waals surface area (Å²) in [5, 5.41) is 7.31. The zero-order valence-electron chi connectivity index (χ0n) is 28.5. The van der Waals surface area contributed by atoms with Crippen LogP contribution >= 0.6 is 0 Å². The Hall–Kier alpha value is -4.88. The van der Waals surface area contributed by atoms with Crippen molar-refractivity contribution in [3.63, 3.8) is 0 Å². The van der Waals surface area contributed by atoms with E-state index in [0.717, 1.165) is 16.7 Å². The Balaban J connectivity index is 1.44. The Morgan fingerprint density at radius 2 is 1.18 bits per heavy atom. The van der Waals surface area contributed by atoms with Gasteiger partial charge < -0.3 is 39.6 Å². The number of carbonyl (C=O) groups is 4. The Morgan fingerprint density at radius 1 is 0.700 bits per heavy atom. The molecule has 3 N–H and O–H groups in total. The number of nitrogens with one attached hydrogen (secondary N) is 3. The molecule has 0 aliphatic carbocycles. The van der Waals surface area contributed by atoms with E-state index in [9.17, 15) is 19.2 Å². The summed E-state index contributed by atoms with van der Waals surface area (Å²) in [6.07, 6.45) is -0.0217. The maximum Gasteiger partial charge on any atom is 0.328 e. The van der Waals surface area contributed by atoms with Gasteiger partial charge in [0.15, 0.2) is 0 Å². The molecule has 12 nitrogen and oxygen atoms in total. The zero-order chi connectivity index (χ0) is 35.7. The quantitative estimate of drug-likeness (QED) is 0.144. The van der Waals surface area contributed by atoms with Crippen LogP contribution in [0.2, 0.25) is 0 Å². The lowest BCUT2D eigenvalue weighted by molar-refractivity contribution is -0.251. The largest absolute Gasteiger partial charge is 0.467 e. The van der Waals surface area contributed by atoms with Crippen molar-refractivity contribution in [3.8, 4) is 0 Å². The van der Waals surface area contributed by atoms with Crippen molar-refractivity contribution in [1.82, 2.24) is 16.0 Å². The summed E-state index contributed by atoms with van der Waals surface area (Å²) in [5.41, 5.74) is 2.94. The summed E-state index contributed by atoms with van der Waals surface area (Å²) in [6.45, 7) is 3.52. The fourth-order valence-electron chi connectivity index (χ4n) is 5.29. The second kappa shape index (κ2) is 20.0. The monoisotopic (exact) mass is 687 g/mol. The van der Waals surface area contributed by atoms with Gasteiger partial charge in [0.05, 0.1) is 46.1 Å². The smallest absolute Gasteiger partial charge is 0.328 e. The number of rotatable bonds is 17. The normalized spacial score (nSPS) is 20.8. The molecule has 50 heavy (non-hydrogen) atoms. The molecule has 6 atom stereocenters. The van der Waals surface area contributed by atoms with Crippen molar-refractivity contribution < 1.29 is 42.9 Å². The molecular formula is C38H45N3O9. The molecule has 1 aliphatic heterocycles. The molecule has 0 saturated carbocycles. The van der Waals surface area contributed by atoms with Crippen LogP contribution in [-0.2, 0) is 62.7 Å². The zero-order valence-corrected chi connectivity index (χ0v) is 28.5. The maximum atomic E-state index is 12.8. The number of esters is 1. The number of hydrogen-bond acceptors (Lipinski definition) is 9. The van der Waals surface area contributed by atoms with Gasteiger partial charge in [-0.1, -0.05) is 91.0 Å². The molecule has 266 valence electrons. The van der Waals surface area contributed by atoms with Crippen LogP contribution < -0.4 is 16.0 Å². The van der Waals surface area contributed by atoms with Crippen molar-refractivity contribution in [2.75, 3.05) is 20.2 Å². The van der Waals surface area contributed by atoms with E-state index in [4.69, 9.17) is 18.9 Å². The molecule has 0 bridgehead atoms. The summed E-state index contributed by atoms with van der Waals surface area (Å²) in [7, 11) is 1.21. The van der Waals surface area contributed by atoms with E-state index in [1.165, 1.54) is 20.1 Å². The predicted molar refractivity (Wildman–Crippen MR) is 184 cm³/mol. The van der Waals surface area contributed by atoms with Crippen molar-refractivity contribution in [2.24, 2.45) is 0 Å². The Morgan fingerprint density at radius 3 is 1.70 bits per heavy atom. The first-order valence-corrected chi connectivity index (χ1v) is 16.5. The molecule has 1 heterocycles. The topological polar surface area (TPSA) is 151 Å². The third-order valence-electron chi connectivity index (χ3n) is 7.90. The molecule has 1 aliphatic rings.